The van der Waals surface area contributed by atoms with Crippen molar-refractivity contribution in [1.82, 2.24) is 0 Å². The first-order valence-electron chi connectivity index (χ1n) is 7.27. The van der Waals surface area contributed by atoms with Crippen LogP contribution in [0.3, 0.4) is 0 Å². The molecule has 0 bridgehead atoms. The maximum Gasteiger partial charge on any atom is 0.324 e. The van der Waals surface area contributed by atoms with Crippen LogP contribution in [0.4, 0.5) is 0 Å². The molecule has 0 aliphatic heterocycles. The number of rotatable bonds is 7. The zero-order valence-corrected chi connectivity index (χ0v) is 16.2. The van der Waals surface area contributed by atoms with Gasteiger partial charge in [-0.2, -0.15) is 0 Å². The van der Waals surface area contributed by atoms with Gasteiger partial charge in [-0.25, -0.2) is 0 Å². The Bertz CT molecular complexity index is 339. The van der Waals surface area contributed by atoms with Crippen LogP contribution >= 0.6 is 21.6 Å². The molecule has 2 N–H and O–H groups in total. The molecule has 0 aromatic heterocycles. The quantitative estimate of drug-likeness (QED) is 0.429. The molecule has 7 heteroatoms. The molecule has 0 fully saturated rings. The molecular weight excluding hydrogens is 322 g/mol. The molecule has 0 heterocycles. The highest BCUT2D eigenvalue weighted by Gasteiger charge is 2.24. The van der Waals surface area contributed by atoms with Crippen LogP contribution < -0.4 is 5.73 Å². The lowest BCUT2D eigenvalue weighted by molar-refractivity contribution is -0.158. The smallest absolute Gasteiger partial charge is 0.324 e. The van der Waals surface area contributed by atoms with Gasteiger partial charge in [0.25, 0.3) is 0 Å². The summed E-state index contributed by atoms with van der Waals surface area (Å²) in [7, 11) is 2.97. The van der Waals surface area contributed by atoms with Crippen molar-refractivity contribution in [1.29, 1.82) is 0 Å². The second kappa shape index (κ2) is 9.03. The van der Waals surface area contributed by atoms with Crippen molar-refractivity contribution in [2.75, 3.05) is 11.5 Å². The maximum absolute atomic E-state index is 11.8. The Balaban J connectivity index is 3.97. The van der Waals surface area contributed by atoms with Crippen LogP contribution in [-0.2, 0) is 19.1 Å². The zero-order valence-electron chi connectivity index (χ0n) is 14.6. The molecule has 0 aromatic carbocycles. The van der Waals surface area contributed by atoms with E-state index in [0.717, 1.165) is 0 Å². The third kappa shape index (κ3) is 11.2. The fraction of sp³-hybridized carbons (Fsp3) is 0.867. The molecular formula is C15H29NO4S2. The van der Waals surface area contributed by atoms with E-state index in [1.165, 1.54) is 21.6 Å². The van der Waals surface area contributed by atoms with Crippen LogP contribution in [0, 0.1) is 5.92 Å². The van der Waals surface area contributed by atoms with Gasteiger partial charge in [-0.15, -0.1) is 0 Å². The van der Waals surface area contributed by atoms with Gasteiger partial charge in [0.15, 0.2) is 0 Å². The third-order valence-electron chi connectivity index (χ3n) is 2.17. The summed E-state index contributed by atoms with van der Waals surface area (Å²) < 4.78 is 10.5. The number of nitrogens with two attached hydrogens (primary N) is 1. The first kappa shape index (κ1) is 21.6. The van der Waals surface area contributed by atoms with Crippen molar-refractivity contribution in [2.24, 2.45) is 11.7 Å². The summed E-state index contributed by atoms with van der Waals surface area (Å²) in [5.41, 5.74) is 4.78. The predicted octanol–water partition coefficient (Wildman–Crippen LogP) is 3.01. The highest BCUT2D eigenvalue weighted by molar-refractivity contribution is 8.76. The van der Waals surface area contributed by atoms with Gasteiger partial charge in [0.05, 0.1) is 5.92 Å². The van der Waals surface area contributed by atoms with Gasteiger partial charge in [-0.1, -0.05) is 28.5 Å². The average Bonchev–Trinajstić information content (AvgIpc) is 2.29. The molecule has 0 aromatic rings. The molecule has 22 heavy (non-hydrogen) atoms. The van der Waals surface area contributed by atoms with E-state index in [-0.39, 0.29) is 11.9 Å². The molecule has 2 atom stereocenters. The van der Waals surface area contributed by atoms with Crippen LogP contribution in [0.15, 0.2) is 0 Å². The van der Waals surface area contributed by atoms with Crippen molar-refractivity contribution < 1.29 is 19.1 Å². The first-order valence-corrected chi connectivity index (χ1v) is 9.76. The van der Waals surface area contributed by atoms with E-state index in [0.29, 0.717) is 11.5 Å². The maximum atomic E-state index is 11.8. The standard InChI is InChI=1S/C15H29NO4S2/c1-10(12(17)19-14(2,3)4)8-21-22-9-11(16)13(18)20-15(5,6)7/h10-11H,8-9,16H2,1-7H3/t10-,11?/m0/s1. The fourth-order valence-corrected chi connectivity index (χ4v) is 3.63. The van der Waals surface area contributed by atoms with E-state index in [2.05, 4.69) is 0 Å². The minimum absolute atomic E-state index is 0.200. The molecule has 0 amide bonds. The van der Waals surface area contributed by atoms with Gasteiger partial charge in [-0.05, 0) is 41.5 Å². The van der Waals surface area contributed by atoms with Crippen LogP contribution in [0.25, 0.3) is 0 Å². The summed E-state index contributed by atoms with van der Waals surface area (Å²) in [5.74, 6) is 0.244. The topological polar surface area (TPSA) is 78.6 Å². The van der Waals surface area contributed by atoms with Crippen molar-refractivity contribution in [2.45, 2.75) is 65.7 Å². The SMILES string of the molecule is C[C@@H](CSSCC(N)C(=O)OC(C)(C)C)C(=O)OC(C)(C)C. The number of hydrogen-bond donors (Lipinski definition) is 1. The number of ether oxygens (including phenoxy) is 2. The van der Waals surface area contributed by atoms with Gasteiger partial charge in [-0.3, -0.25) is 9.59 Å². The fourth-order valence-electron chi connectivity index (χ4n) is 1.19. The summed E-state index contributed by atoms with van der Waals surface area (Å²) in [6, 6.07) is -0.659. The van der Waals surface area contributed by atoms with E-state index >= 15 is 0 Å². The van der Waals surface area contributed by atoms with Crippen LogP contribution in [-0.4, -0.2) is 40.7 Å². The number of hydrogen-bond acceptors (Lipinski definition) is 7. The predicted molar refractivity (Wildman–Crippen MR) is 93.7 cm³/mol. The lowest BCUT2D eigenvalue weighted by Gasteiger charge is -2.22. The molecule has 0 radical (unpaired) electrons. The van der Waals surface area contributed by atoms with Gasteiger partial charge in [0.1, 0.15) is 17.2 Å². The molecule has 5 nitrogen and oxygen atoms in total. The van der Waals surface area contributed by atoms with E-state index in [9.17, 15) is 9.59 Å². The molecule has 0 saturated carbocycles. The average molecular weight is 352 g/mol. The molecule has 0 spiro atoms. The third-order valence-corrected chi connectivity index (χ3v) is 4.78. The summed E-state index contributed by atoms with van der Waals surface area (Å²) >= 11 is 0. The molecule has 0 saturated heterocycles. The van der Waals surface area contributed by atoms with Crippen molar-refractivity contribution in [3.63, 3.8) is 0 Å². The highest BCUT2D eigenvalue weighted by atomic mass is 33.1. The molecule has 1 unspecified atom stereocenters. The summed E-state index contributed by atoms with van der Waals surface area (Å²) in [6.07, 6.45) is 0. The largest absolute Gasteiger partial charge is 0.460 e. The van der Waals surface area contributed by atoms with E-state index < -0.39 is 23.2 Å². The summed E-state index contributed by atoms with van der Waals surface area (Å²) in [5, 5.41) is 0. The normalized spacial score (nSPS) is 15.1. The highest BCUT2D eigenvalue weighted by Crippen LogP contribution is 2.26. The van der Waals surface area contributed by atoms with Crippen LogP contribution in [0.1, 0.15) is 48.5 Å². The van der Waals surface area contributed by atoms with E-state index in [4.69, 9.17) is 15.2 Å². The first-order chi connectivity index (χ1) is 9.82. The Morgan fingerprint density at radius 1 is 0.909 bits per heavy atom. The second-order valence-corrected chi connectivity index (χ2v) is 9.70. The Kier molecular flexibility index (Phi) is 8.87. The van der Waals surface area contributed by atoms with E-state index in [1.807, 2.05) is 48.5 Å². The molecule has 0 aliphatic carbocycles. The Labute approximate surface area is 141 Å². The van der Waals surface area contributed by atoms with Gasteiger partial charge < -0.3 is 15.2 Å². The monoisotopic (exact) mass is 351 g/mol. The Hall–Kier alpha value is -0.400. The van der Waals surface area contributed by atoms with Gasteiger partial charge in [0, 0.05) is 11.5 Å². The second-order valence-electron chi connectivity index (χ2n) is 7.14. The van der Waals surface area contributed by atoms with Gasteiger partial charge in [0.2, 0.25) is 0 Å². The van der Waals surface area contributed by atoms with Gasteiger partial charge >= 0.3 is 11.9 Å². The van der Waals surface area contributed by atoms with E-state index in [1.54, 1.807) is 0 Å². The Morgan fingerprint density at radius 2 is 1.32 bits per heavy atom. The van der Waals surface area contributed by atoms with Crippen molar-refractivity contribution >= 4 is 33.5 Å². The number of carbonyl (C=O) groups excluding carboxylic acids is 2. The summed E-state index contributed by atoms with van der Waals surface area (Å²) in [4.78, 5) is 23.5. The van der Waals surface area contributed by atoms with Crippen LogP contribution in [0.5, 0.6) is 0 Å². The summed E-state index contributed by atoms with van der Waals surface area (Å²) in [6.45, 7) is 12.8. The Morgan fingerprint density at radius 3 is 1.77 bits per heavy atom. The van der Waals surface area contributed by atoms with Crippen molar-refractivity contribution in [3.05, 3.63) is 0 Å². The minimum Gasteiger partial charge on any atom is -0.460 e. The molecule has 0 rings (SSSR count). The molecule has 130 valence electrons. The lowest BCUT2D eigenvalue weighted by atomic mass is 10.1. The van der Waals surface area contributed by atoms with Crippen molar-refractivity contribution in [3.8, 4) is 0 Å². The number of esters is 2. The van der Waals surface area contributed by atoms with Crippen LogP contribution in [0.2, 0.25) is 0 Å². The minimum atomic E-state index is -0.659. The zero-order chi connectivity index (χ0) is 17.6. The lowest BCUT2D eigenvalue weighted by Crippen LogP contribution is -2.38. The number of carbonyl (C=O) groups is 2. The molecule has 0 aliphatic rings.